The van der Waals surface area contributed by atoms with Crippen LogP contribution in [0.2, 0.25) is 0 Å². The topological polar surface area (TPSA) is 67.4 Å². The normalized spacial score (nSPS) is 13.4. The summed E-state index contributed by atoms with van der Waals surface area (Å²) in [7, 11) is 2.04. The Balaban J connectivity index is 2.01. The molecule has 0 unspecified atom stereocenters. The smallest absolute Gasteiger partial charge is 0.155 e. The van der Waals surface area contributed by atoms with Crippen molar-refractivity contribution in [1.82, 2.24) is 14.3 Å². The van der Waals surface area contributed by atoms with Crippen molar-refractivity contribution >= 4 is 22.4 Å². The van der Waals surface area contributed by atoms with E-state index in [0.29, 0.717) is 5.84 Å². The van der Waals surface area contributed by atoms with Crippen molar-refractivity contribution in [2.24, 2.45) is 12.0 Å². The second-order valence-electron chi connectivity index (χ2n) is 7.12. The van der Waals surface area contributed by atoms with Gasteiger partial charge in [0.15, 0.2) is 5.84 Å². The molecule has 0 radical (unpaired) electrons. The van der Waals surface area contributed by atoms with Gasteiger partial charge in [0.2, 0.25) is 0 Å². The maximum absolute atomic E-state index is 9.50. The number of aromatic nitrogens is 3. The third kappa shape index (κ3) is 4.49. The first-order valence-electron chi connectivity index (χ1n) is 9.86. The number of nitrogens with one attached hydrogen (secondary N) is 1. The van der Waals surface area contributed by atoms with Gasteiger partial charge in [0.1, 0.15) is 5.82 Å². The van der Waals surface area contributed by atoms with Crippen LogP contribution in [0.3, 0.4) is 0 Å². The Hall–Kier alpha value is -3.12. The third-order valence-corrected chi connectivity index (χ3v) is 5.03. The van der Waals surface area contributed by atoms with Crippen molar-refractivity contribution < 1.29 is 5.11 Å². The quantitative estimate of drug-likeness (QED) is 0.471. The first kappa shape index (κ1) is 20.6. The second-order valence-corrected chi connectivity index (χ2v) is 7.12. The zero-order valence-corrected chi connectivity index (χ0v) is 17.8. The molecular formula is C23H29N5O. The SMILES string of the molecule is C\C=C/C(=N\C(Nc1ccc2c(ccn2C)c1)=C(/C)CC)n1cc(CO)c(C)n1. The van der Waals surface area contributed by atoms with Crippen LogP contribution in [0.5, 0.6) is 0 Å². The molecule has 2 aromatic heterocycles. The molecule has 0 aliphatic carbocycles. The number of aliphatic imine (C=N–C) groups is 1. The van der Waals surface area contributed by atoms with Crippen molar-refractivity contribution in [1.29, 1.82) is 0 Å². The Morgan fingerprint density at radius 3 is 2.76 bits per heavy atom. The molecule has 2 heterocycles. The molecule has 3 rings (SSSR count). The molecule has 0 aliphatic heterocycles. The van der Waals surface area contributed by atoms with Crippen molar-refractivity contribution in [2.75, 3.05) is 5.32 Å². The van der Waals surface area contributed by atoms with Crippen molar-refractivity contribution in [2.45, 2.75) is 40.7 Å². The minimum atomic E-state index is -0.0407. The first-order chi connectivity index (χ1) is 14.0. The highest BCUT2D eigenvalue weighted by Gasteiger charge is 2.10. The zero-order chi connectivity index (χ0) is 21.0. The predicted octanol–water partition coefficient (Wildman–Crippen LogP) is 4.75. The van der Waals surface area contributed by atoms with E-state index in [1.54, 1.807) is 4.68 Å². The van der Waals surface area contributed by atoms with Crippen molar-refractivity contribution in [3.8, 4) is 0 Å². The molecule has 0 aliphatic rings. The van der Waals surface area contributed by atoms with Crippen LogP contribution < -0.4 is 5.32 Å². The standard InChI is InChI=1S/C23H29N5O/c1-6-8-22(28-14-19(15-29)17(4)26-28)25-23(16(3)7-2)24-20-9-10-21-18(13-20)11-12-27(21)5/h6,8-14,24,29H,7,15H2,1-5H3/b8-6-,23-16+,25-22+. The Bertz CT molecular complexity index is 1100. The molecule has 0 atom stereocenters. The molecule has 0 saturated carbocycles. The molecule has 6 nitrogen and oxygen atoms in total. The molecule has 0 saturated heterocycles. The van der Waals surface area contributed by atoms with Gasteiger partial charge in [0.25, 0.3) is 0 Å². The molecule has 2 N–H and O–H groups in total. The van der Waals surface area contributed by atoms with Gasteiger partial charge in [-0.3, -0.25) is 0 Å². The Morgan fingerprint density at radius 2 is 2.10 bits per heavy atom. The Labute approximate surface area is 171 Å². The fourth-order valence-electron chi connectivity index (χ4n) is 3.09. The number of anilines is 1. The number of allylic oxidation sites excluding steroid dienone is 3. The number of fused-ring (bicyclic) bond motifs is 1. The minimum Gasteiger partial charge on any atom is -0.392 e. The number of aryl methyl sites for hydroxylation is 2. The van der Waals surface area contributed by atoms with E-state index in [1.165, 1.54) is 10.9 Å². The van der Waals surface area contributed by atoms with Crippen LogP contribution >= 0.6 is 0 Å². The van der Waals surface area contributed by atoms with Crippen LogP contribution in [0.25, 0.3) is 10.9 Å². The summed E-state index contributed by atoms with van der Waals surface area (Å²) in [5.74, 6) is 1.49. The maximum Gasteiger partial charge on any atom is 0.155 e. The molecule has 29 heavy (non-hydrogen) atoms. The fraction of sp³-hybridized carbons (Fsp3) is 0.304. The third-order valence-electron chi connectivity index (χ3n) is 5.03. The highest BCUT2D eigenvalue weighted by atomic mass is 16.3. The van der Waals surface area contributed by atoms with Gasteiger partial charge in [-0.15, -0.1) is 0 Å². The number of benzene rings is 1. The molecular weight excluding hydrogens is 362 g/mol. The molecule has 1 aromatic carbocycles. The van der Waals surface area contributed by atoms with E-state index < -0.39 is 0 Å². The highest BCUT2D eigenvalue weighted by molar-refractivity contribution is 5.95. The van der Waals surface area contributed by atoms with Gasteiger partial charge in [-0.25, -0.2) is 9.67 Å². The van der Waals surface area contributed by atoms with Gasteiger partial charge in [-0.2, -0.15) is 5.10 Å². The summed E-state index contributed by atoms with van der Waals surface area (Å²) in [6.07, 6.45) is 8.61. The minimum absolute atomic E-state index is 0.0407. The summed E-state index contributed by atoms with van der Waals surface area (Å²) in [5.41, 5.74) is 4.91. The number of nitrogens with zero attached hydrogens (tertiary/aromatic N) is 4. The van der Waals surface area contributed by atoms with E-state index >= 15 is 0 Å². The summed E-state index contributed by atoms with van der Waals surface area (Å²) >= 11 is 0. The largest absolute Gasteiger partial charge is 0.392 e. The van der Waals surface area contributed by atoms with Gasteiger partial charge in [0.05, 0.1) is 12.3 Å². The lowest BCUT2D eigenvalue weighted by Gasteiger charge is -2.12. The molecule has 6 heteroatoms. The number of aliphatic hydroxyl groups is 1. The first-order valence-corrected chi connectivity index (χ1v) is 9.86. The van der Waals surface area contributed by atoms with E-state index in [4.69, 9.17) is 4.99 Å². The molecule has 0 amide bonds. The van der Waals surface area contributed by atoms with E-state index in [0.717, 1.165) is 34.8 Å². The van der Waals surface area contributed by atoms with Gasteiger partial charge in [-0.05, 0) is 63.1 Å². The summed E-state index contributed by atoms with van der Waals surface area (Å²) < 4.78 is 3.82. The number of aliphatic hydroxyl groups excluding tert-OH is 1. The zero-order valence-electron chi connectivity index (χ0n) is 17.8. The molecule has 3 aromatic rings. The fourth-order valence-corrected chi connectivity index (χ4v) is 3.09. The van der Waals surface area contributed by atoms with Crippen molar-refractivity contribution in [3.05, 3.63) is 71.5 Å². The molecule has 0 fully saturated rings. The van der Waals surface area contributed by atoms with E-state index in [9.17, 15) is 5.11 Å². The summed E-state index contributed by atoms with van der Waals surface area (Å²) in [6.45, 7) is 7.99. The van der Waals surface area contributed by atoms with Gasteiger partial charge in [-0.1, -0.05) is 13.0 Å². The van der Waals surface area contributed by atoms with Gasteiger partial charge in [0, 0.05) is 41.6 Å². The number of hydrogen-bond acceptors (Lipinski definition) is 4. The van der Waals surface area contributed by atoms with Crippen LogP contribution in [0.1, 0.15) is 38.4 Å². The molecule has 152 valence electrons. The van der Waals surface area contributed by atoms with Crippen molar-refractivity contribution in [3.63, 3.8) is 0 Å². The Kier molecular flexibility index (Phi) is 6.34. The van der Waals surface area contributed by atoms with Crippen LogP contribution in [0.4, 0.5) is 5.69 Å². The van der Waals surface area contributed by atoms with Crippen LogP contribution in [0, 0.1) is 6.92 Å². The van der Waals surface area contributed by atoms with E-state index in [2.05, 4.69) is 59.3 Å². The van der Waals surface area contributed by atoms with E-state index in [-0.39, 0.29) is 6.61 Å². The van der Waals surface area contributed by atoms with Crippen LogP contribution in [-0.2, 0) is 13.7 Å². The van der Waals surface area contributed by atoms with Crippen LogP contribution in [-0.4, -0.2) is 25.3 Å². The van der Waals surface area contributed by atoms with Crippen LogP contribution in [0.15, 0.2) is 65.2 Å². The summed E-state index contributed by atoms with van der Waals surface area (Å²) in [5, 5.41) is 18.7. The lowest BCUT2D eigenvalue weighted by molar-refractivity contribution is 0.281. The summed E-state index contributed by atoms with van der Waals surface area (Å²) in [6, 6.07) is 8.41. The number of rotatable bonds is 6. The second kappa shape index (κ2) is 8.92. The average molecular weight is 392 g/mol. The predicted molar refractivity (Wildman–Crippen MR) is 120 cm³/mol. The maximum atomic E-state index is 9.50. The highest BCUT2D eigenvalue weighted by Crippen LogP contribution is 2.22. The molecule has 0 bridgehead atoms. The number of hydrogen-bond donors (Lipinski definition) is 2. The Morgan fingerprint density at radius 1 is 1.31 bits per heavy atom. The monoisotopic (exact) mass is 391 g/mol. The van der Waals surface area contributed by atoms with Gasteiger partial charge >= 0.3 is 0 Å². The summed E-state index contributed by atoms with van der Waals surface area (Å²) in [4.78, 5) is 4.89. The average Bonchev–Trinajstić information content (AvgIpc) is 3.28. The lowest BCUT2D eigenvalue weighted by atomic mass is 10.2. The van der Waals surface area contributed by atoms with Gasteiger partial charge < -0.3 is 15.0 Å². The van der Waals surface area contributed by atoms with E-state index in [1.807, 2.05) is 39.2 Å². The molecule has 0 spiro atoms. The lowest BCUT2D eigenvalue weighted by Crippen LogP contribution is -2.13.